The highest BCUT2D eigenvalue weighted by Crippen LogP contribution is 2.51. The summed E-state index contributed by atoms with van der Waals surface area (Å²) in [5.41, 5.74) is 16.1. The second kappa shape index (κ2) is 11.5. The van der Waals surface area contributed by atoms with Crippen LogP contribution in [0.2, 0.25) is 0 Å². The number of anilines is 2. The molecule has 11 N–H and O–H groups in total. The number of nitrogens with one attached hydrogen (secondary N) is 2. The lowest BCUT2D eigenvalue weighted by atomic mass is 10.1. The van der Waals surface area contributed by atoms with Gasteiger partial charge >= 0.3 is 15.4 Å². The zero-order chi connectivity index (χ0) is 33.4. The van der Waals surface area contributed by atoms with E-state index in [1.807, 2.05) is 0 Å². The number of nitrogen functional groups attached to an aromatic ring is 2. The average Bonchev–Trinajstić information content (AvgIpc) is 3.74. The van der Waals surface area contributed by atoms with Crippen LogP contribution in [0.3, 0.4) is 0 Å². The number of H-pyrrole nitrogens is 2. The molecule has 2 unspecified atom stereocenters. The lowest BCUT2D eigenvalue weighted by Crippen LogP contribution is -2.41. The summed E-state index contributed by atoms with van der Waals surface area (Å²) < 4.78 is 61.9. The van der Waals surface area contributed by atoms with Crippen LogP contribution in [0.25, 0.3) is 22.3 Å². The zero-order valence-corrected chi connectivity index (χ0v) is 25.4. The molecule has 7 heterocycles. The third-order valence-electron chi connectivity index (χ3n) is 7.68. The Labute approximate surface area is 259 Å². The number of nitrogens with zero attached hydrogens (tertiary/aromatic N) is 6. The summed E-state index contributed by atoms with van der Waals surface area (Å²) >= 11 is 0. The van der Waals surface area contributed by atoms with Crippen molar-refractivity contribution >= 4 is 49.6 Å². The molecule has 0 aliphatic carbocycles. The highest BCUT2D eigenvalue weighted by atomic mass is 31.2. The molecule has 0 aromatic carbocycles. The second-order valence-electron chi connectivity index (χ2n) is 10.8. The molecule has 10 atom stereocenters. The van der Waals surface area contributed by atoms with Crippen LogP contribution in [-0.4, -0.2) is 110 Å². The number of imidazole rings is 2. The number of hydrogen-bond acceptors (Lipinski definition) is 18. The summed E-state index contributed by atoms with van der Waals surface area (Å²) in [7, 11) is -9.65. The standard InChI is InChI=1S/C21H27N11O13P2/c22-8-12-6(43-18(8)31-3-25-9-14(31)27-20(23)29-16(9)34)1-41-46(36,37)5-40-13-7(2-42-47(38,39)45-12)44-19(11(13)33)32-4-26-10-15(32)28-21(24)30-17(10)35/h3-4,6-8,11-13,18-19,33H,1-2,5,22H2,(H,36,37)(H,38,39)(H3,23,27,29,34)(H3,24,28,30,35)/t6-,7-,8-,11-,12-,13-,18-,19-/m1/s1. The van der Waals surface area contributed by atoms with E-state index in [1.54, 1.807) is 0 Å². The van der Waals surface area contributed by atoms with E-state index in [4.69, 9.17) is 45.0 Å². The van der Waals surface area contributed by atoms with E-state index in [0.29, 0.717) is 0 Å². The van der Waals surface area contributed by atoms with E-state index in [2.05, 4.69) is 29.9 Å². The fraction of sp³-hybridized carbons (Fsp3) is 0.524. The van der Waals surface area contributed by atoms with Gasteiger partial charge in [0.25, 0.3) is 11.1 Å². The zero-order valence-electron chi connectivity index (χ0n) is 23.6. The van der Waals surface area contributed by atoms with Gasteiger partial charge in [-0.1, -0.05) is 0 Å². The first-order chi connectivity index (χ1) is 22.2. The summed E-state index contributed by atoms with van der Waals surface area (Å²) in [4.78, 5) is 66.4. The van der Waals surface area contributed by atoms with Crippen molar-refractivity contribution in [3.05, 3.63) is 33.4 Å². The molecule has 0 spiro atoms. The molecule has 3 aliphatic heterocycles. The predicted molar refractivity (Wildman–Crippen MR) is 153 cm³/mol. The molecule has 3 fully saturated rings. The number of ether oxygens (including phenoxy) is 3. The monoisotopic (exact) mass is 703 g/mol. The molecule has 3 saturated heterocycles. The molecule has 26 heteroatoms. The van der Waals surface area contributed by atoms with Crippen LogP contribution in [0, 0.1) is 0 Å². The predicted octanol–water partition coefficient (Wildman–Crippen LogP) is -3.04. The third-order valence-corrected chi connectivity index (χ3v) is 9.69. The highest BCUT2D eigenvalue weighted by molar-refractivity contribution is 7.52. The second-order valence-corrected chi connectivity index (χ2v) is 14.0. The Kier molecular flexibility index (Phi) is 7.82. The molecule has 0 amide bonds. The third kappa shape index (κ3) is 5.77. The van der Waals surface area contributed by atoms with Crippen molar-refractivity contribution in [2.75, 3.05) is 31.0 Å². The van der Waals surface area contributed by atoms with Crippen LogP contribution in [-0.2, 0) is 36.9 Å². The van der Waals surface area contributed by atoms with Crippen molar-refractivity contribution in [2.24, 2.45) is 5.73 Å². The Balaban J connectivity index is 1.17. The van der Waals surface area contributed by atoms with E-state index in [-0.39, 0.29) is 34.2 Å². The Morgan fingerprint density at radius 3 is 2.00 bits per heavy atom. The van der Waals surface area contributed by atoms with E-state index >= 15 is 0 Å². The maximum absolute atomic E-state index is 13.2. The van der Waals surface area contributed by atoms with E-state index in [1.165, 1.54) is 15.5 Å². The molecule has 47 heavy (non-hydrogen) atoms. The van der Waals surface area contributed by atoms with Crippen LogP contribution in [0.1, 0.15) is 12.5 Å². The molecule has 7 rings (SSSR count). The number of aliphatic hydroxyl groups is 1. The van der Waals surface area contributed by atoms with Gasteiger partial charge < -0.3 is 50.8 Å². The van der Waals surface area contributed by atoms with Gasteiger partial charge in [-0.25, -0.2) is 14.5 Å². The molecule has 254 valence electrons. The van der Waals surface area contributed by atoms with Gasteiger partial charge in [0.05, 0.1) is 31.9 Å². The Hall–Kier alpha value is -3.64. The van der Waals surface area contributed by atoms with Gasteiger partial charge in [0.15, 0.2) is 34.8 Å². The minimum absolute atomic E-state index is 0.0308. The number of phosphoric ester groups is 1. The fourth-order valence-corrected chi connectivity index (χ4v) is 7.38. The quantitative estimate of drug-likeness (QED) is 0.0962. The van der Waals surface area contributed by atoms with E-state index in [0.717, 1.165) is 6.33 Å². The van der Waals surface area contributed by atoms with Gasteiger partial charge in [-0.15, -0.1) is 0 Å². The van der Waals surface area contributed by atoms with Crippen LogP contribution >= 0.6 is 15.4 Å². The van der Waals surface area contributed by atoms with Crippen molar-refractivity contribution in [3.8, 4) is 0 Å². The molecule has 0 saturated carbocycles. The number of aromatic nitrogens is 8. The molecule has 0 radical (unpaired) electrons. The Morgan fingerprint density at radius 1 is 0.851 bits per heavy atom. The SMILES string of the molecule is Nc1nc2c(ncn2[C@@H]2O[C@@H]3COP(=O)(O)CO[C@H]4[C@@H](O)[C@H](n5cnc6c(=O)[nH]c(N)nc65)O[C@@H]4COP(=O)(O)O[C@H]3[C@H]2N)c(=O)[nH]1. The molecule has 4 aromatic heterocycles. The average molecular weight is 703 g/mol. The van der Waals surface area contributed by atoms with E-state index in [9.17, 15) is 33.6 Å². The maximum atomic E-state index is 13.2. The van der Waals surface area contributed by atoms with Crippen LogP contribution in [0.5, 0.6) is 0 Å². The summed E-state index contributed by atoms with van der Waals surface area (Å²) in [6.07, 6.45) is -8.54. The normalized spacial score (nSPS) is 36.9. The number of phosphoric acid groups is 1. The van der Waals surface area contributed by atoms with Gasteiger partial charge in [-0.2, -0.15) is 9.97 Å². The Morgan fingerprint density at radius 2 is 1.38 bits per heavy atom. The number of fused-ring (bicyclic) bond motifs is 4. The number of hydrogen-bond donors (Lipinski definition) is 8. The number of rotatable bonds is 2. The number of nitrogens with two attached hydrogens (primary N) is 3. The topological polar surface area (TPSA) is 355 Å². The first-order valence-electron chi connectivity index (χ1n) is 13.6. The van der Waals surface area contributed by atoms with Crippen molar-refractivity contribution in [3.63, 3.8) is 0 Å². The first kappa shape index (κ1) is 31.9. The highest BCUT2D eigenvalue weighted by Gasteiger charge is 2.52. The number of aromatic amines is 2. The van der Waals surface area contributed by atoms with Gasteiger partial charge in [-0.05, 0) is 0 Å². The van der Waals surface area contributed by atoms with E-state index < -0.39 is 95.1 Å². The van der Waals surface area contributed by atoms with Crippen molar-refractivity contribution in [1.82, 2.24) is 39.0 Å². The molecule has 24 nitrogen and oxygen atoms in total. The minimum atomic E-state index is -5.03. The van der Waals surface area contributed by atoms with Crippen molar-refractivity contribution in [1.29, 1.82) is 0 Å². The summed E-state index contributed by atoms with van der Waals surface area (Å²) in [6, 6.07) is -1.29. The molecular weight excluding hydrogens is 676 g/mol. The van der Waals surface area contributed by atoms with Gasteiger partial charge in [0, 0.05) is 0 Å². The van der Waals surface area contributed by atoms with Crippen molar-refractivity contribution < 1.29 is 51.8 Å². The van der Waals surface area contributed by atoms with Crippen molar-refractivity contribution in [2.45, 2.75) is 49.0 Å². The summed E-state index contributed by atoms with van der Waals surface area (Å²) in [5.74, 6) is -0.483. The minimum Gasteiger partial charge on any atom is -0.386 e. The molecule has 3 aliphatic rings. The lowest BCUT2D eigenvalue weighted by Gasteiger charge is -2.24. The Bertz CT molecular complexity index is 2070. The smallest absolute Gasteiger partial charge is 0.386 e. The summed E-state index contributed by atoms with van der Waals surface area (Å²) in [5, 5.41) is 11.2. The summed E-state index contributed by atoms with van der Waals surface area (Å²) in [6.45, 7) is -1.45. The molecular formula is C21H27N11O13P2. The first-order valence-corrected chi connectivity index (χ1v) is 16.9. The van der Waals surface area contributed by atoms with Crippen LogP contribution < -0.4 is 28.3 Å². The largest absolute Gasteiger partial charge is 0.472 e. The van der Waals surface area contributed by atoms with Crippen LogP contribution in [0.4, 0.5) is 11.9 Å². The number of aliphatic hydroxyl groups excluding tert-OH is 1. The maximum Gasteiger partial charge on any atom is 0.472 e. The molecule has 4 aromatic rings. The van der Waals surface area contributed by atoms with Gasteiger partial charge in [0.2, 0.25) is 11.9 Å². The lowest BCUT2D eigenvalue weighted by molar-refractivity contribution is -0.0584. The fourth-order valence-electron chi connectivity index (χ4n) is 5.59. The van der Waals surface area contributed by atoms with Gasteiger partial charge in [-0.3, -0.25) is 42.3 Å². The molecule has 0 bridgehead atoms. The van der Waals surface area contributed by atoms with Gasteiger partial charge in [0.1, 0.15) is 36.9 Å². The van der Waals surface area contributed by atoms with Crippen LogP contribution in [0.15, 0.2) is 22.2 Å².